The van der Waals surface area contributed by atoms with Gasteiger partial charge in [-0.2, -0.15) is 0 Å². The number of nitrogens with zero attached hydrogens (tertiary/aromatic N) is 2. The molecular formula is C26H30N4O2. The van der Waals surface area contributed by atoms with Gasteiger partial charge in [0.05, 0.1) is 6.54 Å². The first kappa shape index (κ1) is 21.8. The minimum atomic E-state index is -0.121. The van der Waals surface area contributed by atoms with E-state index in [-0.39, 0.29) is 5.91 Å². The van der Waals surface area contributed by atoms with Crippen LogP contribution in [-0.4, -0.2) is 48.1 Å². The first-order chi connectivity index (χ1) is 15.8. The summed E-state index contributed by atoms with van der Waals surface area (Å²) in [4.78, 5) is 19.4. The molecule has 1 saturated heterocycles. The lowest BCUT2D eigenvalue weighted by Crippen LogP contribution is -2.38. The zero-order chi connectivity index (χ0) is 22.0. The van der Waals surface area contributed by atoms with Gasteiger partial charge in [0.25, 0.3) is 5.91 Å². The molecule has 1 fully saturated rings. The van der Waals surface area contributed by atoms with Crippen molar-refractivity contribution in [1.82, 2.24) is 15.2 Å². The van der Waals surface area contributed by atoms with Crippen LogP contribution in [0.2, 0.25) is 0 Å². The van der Waals surface area contributed by atoms with E-state index < -0.39 is 0 Å². The zero-order valence-electron chi connectivity index (χ0n) is 18.2. The van der Waals surface area contributed by atoms with E-state index in [1.165, 1.54) is 5.56 Å². The number of aromatic nitrogens is 1. The number of rotatable bonds is 9. The fourth-order valence-electron chi connectivity index (χ4n) is 3.89. The molecule has 0 radical (unpaired) electrons. The molecule has 1 amide bonds. The Morgan fingerprint density at radius 2 is 1.72 bits per heavy atom. The predicted octanol–water partition coefficient (Wildman–Crippen LogP) is 3.97. The molecule has 1 aromatic heterocycles. The van der Waals surface area contributed by atoms with Crippen LogP contribution in [-0.2, 0) is 6.54 Å². The lowest BCUT2D eigenvalue weighted by molar-refractivity contribution is 0.0947. The molecule has 0 saturated carbocycles. The van der Waals surface area contributed by atoms with Crippen molar-refractivity contribution in [3.8, 4) is 5.75 Å². The molecule has 0 atom stereocenters. The number of carbonyl (C=O) groups is 1. The van der Waals surface area contributed by atoms with Gasteiger partial charge in [0.1, 0.15) is 18.2 Å². The van der Waals surface area contributed by atoms with Crippen molar-refractivity contribution in [2.75, 3.05) is 31.6 Å². The van der Waals surface area contributed by atoms with E-state index >= 15 is 0 Å². The summed E-state index contributed by atoms with van der Waals surface area (Å²) in [6.45, 7) is 3.96. The Morgan fingerprint density at radius 1 is 1.00 bits per heavy atom. The largest absolute Gasteiger partial charge is 0.492 e. The van der Waals surface area contributed by atoms with Crippen LogP contribution < -0.4 is 15.4 Å². The van der Waals surface area contributed by atoms with Crippen LogP contribution in [0.4, 0.5) is 5.82 Å². The van der Waals surface area contributed by atoms with Gasteiger partial charge in [0.2, 0.25) is 0 Å². The maximum Gasteiger partial charge on any atom is 0.251 e. The first-order valence-corrected chi connectivity index (χ1v) is 11.2. The number of likely N-dealkylation sites (tertiary alicyclic amines) is 1. The highest BCUT2D eigenvalue weighted by Crippen LogP contribution is 2.18. The third kappa shape index (κ3) is 6.56. The van der Waals surface area contributed by atoms with E-state index in [4.69, 9.17) is 4.74 Å². The van der Waals surface area contributed by atoms with Crippen molar-refractivity contribution in [3.05, 3.63) is 90.1 Å². The van der Waals surface area contributed by atoms with Gasteiger partial charge in [-0.05, 0) is 42.7 Å². The topological polar surface area (TPSA) is 66.5 Å². The highest BCUT2D eigenvalue weighted by Gasteiger charge is 2.19. The fourth-order valence-corrected chi connectivity index (χ4v) is 3.89. The van der Waals surface area contributed by atoms with Crippen LogP contribution >= 0.6 is 0 Å². The normalized spacial score (nSPS) is 14.6. The first-order valence-electron chi connectivity index (χ1n) is 11.2. The smallest absolute Gasteiger partial charge is 0.251 e. The summed E-state index contributed by atoms with van der Waals surface area (Å²) in [5.74, 6) is 1.43. The molecule has 6 heteroatoms. The second kappa shape index (κ2) is 11.3. The Labute approximate surface area is 189 Å². The van der Waals surface area contributed by atoms with E-state index in [0.717, 1.165) is 44.0 Å². The van der Waals surface area contributed by atoms with E-state index in [1.807, 2.05) is 36.4 Å². The van der Waals surface area contributed by atoms with Crippen molar-refractivity contribution in [2.24, 2.45) is 0 Å². The second-order valence-electron chi connectivity index (χ2n) is 8.03. The van der Waals surface area contributed by atoms with Crippen molar-refractivity contribution in [3.63, 3.8) is 0 Å². The lowest BCUT2D eigenvalue weighted by atomic mass is 10.0. The van der Waals surface area contributed by atoms with Crippen LogP contribution in [0.5, 0.6) is 5.75 Å². The van der Waals surface area contributed by atoms with E-state index in [2.05, 4.69) is 50.8 Å². The van der Waals surface area contributed by atoms with Gasteiger partial charge in [-0.25, -0.2) is 4.98 Å². The number of pyridine rings is 1. The summed E-state index contributed by atoms with van der Waals surface area (Å²) in [7, 11) is 0. The van der Waals surface area contributed by atoms with Crippen LogP contribution in [0.15, 0.2) is 79.0 Å². The second-order valence-corrected chi connectivity index (χ2v) is 8.03. The molecule has 166 valence electrons. The number of piperidine rings is 1. The van der Waals surface area contributed by atoms with Gasteiger partial charge in [-0.15, -0.1) is 0 Å². The van der Waals surface area contributed by atoms with Crippen molar-refractivity contribution < 1.29 is 9.53 Å². The molecule has 2 N–H and O–H groups in total. The number of benzene rings is 2. The number of nitrogens with one attached hydrogen (secondary N) is 2. The molecule has 6 nitrogen and oxygen atoms in total. The van der Waals surface area contributed by atoms with Crippen molar-refractivity contribution in [1.29, 1.82) is 0 Å². The molecule has 0 spiro atoms. The Bertz CT molecular complexity index is 973. The monoisotopic (exact) mass is 430 g/mol. The van der Waals surface area contributed by atoms with Crippen molar-refractivity contribution in [2.45, 2.75) is 25.4 Å². The lowest BCUT2D eigenvalue weighted by Gasteiger charge is -2.32. The molecule has 0 aliphatic carbocycles. The molecule has 2 heterocycles. The third-order valence-electron chi connectivity index (χ3n) is 5.61. The molecule has 4 rings (SSSR count). The third-order valence-corrected chi connectivity index (χ3v) is 5.61. The van der Waals surface area contributed by atoms with Gasteiger partial charge >= 0.3 is 0 Å². The standard InChI is InChI=1S/C26H30N4O2/c31-26(28-15-18-32-24-9-5-2-6-10-24)22-11-14-27-25(19-22)29-23-12-16-30(17-13-23)20-21-7-3-1-4-8-21/h1-11,14,19,23H,12-13,15-18,20H2,(H,27,29)(H,28,31). The Morgan fingerprint density at radius 3 is 2.47 bits per heavy atom. The maximum atomic E-state index is 12.5. The highest BCUT2D eigenvalue weighted by molar-refractivity contribution is 5.94. The Balaban J connectivity index is 1.20. The number of anilines is 1. The summed E-state index contributed by atoms with van der Waals surface area (Å²) < 4.78 is 5.62. The molecule has 32 heavy (non-hydrogen) atoms. The van der Waals surface area contributed by atoms with Crippen LogP contribution in [0.3, 0.4) is 0 Å². The molecule has 3 aromatic rings. The van der Waals surface area contributed by atoms with Crippen LogP contribution in [0.25, 0.3) is 0 Å². The molecule has 1 aliphatic heterocycles. The van der Waals surface area contributed by atoms with Crippen LogP contribution in [0, 0.1) is 0 Å². The molecule has 1 aliphatic rings. The van der Waals surface area contributed by atoms with Gasteiger partial charge in [-0.1, -0.05) is 48.5 Å². The fraction of sp³-hybridized carbons (Fsp3) is 0.308. The molecule has 0 unspecified atom stereocenters. The number of ether oxygens (including phenoxy) is 1. The summed E-state index contributed by atoms with van der Waals surface area (Å²) in [5.41, 5.74) is 1.96. The maximum absolute atomic E-state index is 12.5. The Hall–Kier alpha value is -3.38. The number of hydrogen-bond donors (Lipinski definition) is 2. The minimum Gasteiger partial charge on any atom is -0.492 e. The summed E-state index contributed by atoms with van der Waals surface area (Å²) in [6, 6.07) is 24.1. The van der Waals surface area contributed by atoms with Gasteiger partial charge in [0, 0.05) is 37.4 Å². The molecule has 2 aromatic carbocycles. The average Bonchev–Trinajstić information content (AvgIpc) is 2.84. The van der Waals surface area contributed by atoms with E-state index in [9.17, 15) is 4.79 Å². The highest BCUT2D eigenvalue weighted by atomic mass is 16.5. The number of hydrogen-bond acceptors (Lipinski definition) is 5. The van der Waals surface area contributed by atoms with Gasteiger partial charge in [-0.3, -0.25) is 9.69 Å². The van der Waals surface area contributed by atoms with Crippen LogP contribution in [0.1, 0.15) is 28.8 Å². The van der Waals surface area contributed by atoms with E-state index in [1.54, 1.807) is 12.3 Å². The predicted molar refractivity (Wildman–Crippen MR) is 127 cm³/mol. The number of amides is 1. The van der Waals surface area contributed by atoms with E-state index in [0.29, 0.717) is 24.8 Å². The number of para-hydroxylation sites is 1. The summed E-state index contributed by atoms with van der Waals surface area (Å²) in [6.07, 6.45) is 3.80. The average molecular weight is 431 g/mol. The van der Waals surface area contributed by atoms with Gasteiger partial charge in [0.15, 0.2) is 0 Å². The molecular weight excluding hydrogens is 400 g/mol. The minimum absolute atomic E-state index is 0.121. The van der Waals surface area contributed by atoms with Crippen molar-refractivity contribution >= 4 is 11.7 Å². The Kier molecular flexibility index (Phi) is 7.71. The zero-order valence-corrected chi connectivity index (χ0v) is 18.2. The van der Waals surface area contributed by atoms with Gasteiger partial charge < -0.3 is 15.4 Å². The summed E-state index contributed by atoms with van der Waals surface area (Å²) in [5, 5.41) is 6.41. The number of carbonyl (C=O) groups excluding carboxylic acids is 1. The quantitative estimate of drug-likeness (QED) is 0.503. The SMILES string of the molecule is O=C(NCCOc1ccccc1)c1ccnc(NC2CCN(Cc3ccccc3)CC2)c1. The molecule has 0 bridgehead atoms. The summed E-state index contributed by atoms with van der Waals surface area (Å²) >= 11 is 0.